The fourth-order valence-corrected chi connectivity index (χ4v) is 4.99. The number of rotatable bonds is 3. The van der Waals surface area contributed by atoms with E-state index in [1.165, 1.54) is 27.6 Å². The topological polar surface area (TPSA) is 72.2 Å². The van der Waals surface area contributed by atoms with Crippen molar-refractivity contribution in [3.63, 3.8) is 0 Å². The molecule has 22 heavy (non-hydrogen) atoms. The summed E-state index contributed by atoms with van der Waals surface area (Å²) in [6, 6.07) is 3.71. The van der Waals surface area contributed by atoms with Crippen LogP contribution in [0.15, 0.2) is 12.1 Å². The third kappa shape index (κ3) is 2.80. The first kappa shape index (κ1) is 15.2. The van der Waals surface area contributed by atoms with E-state index in [-0.39, 0.29) is 5.91 Å². The number of fused-ring (bicyclic) bond motifs is 1. The first-order valence-corrected chi connectivity index (χ1v) is 8.91. The maximum atomic E-state index is 12.3. The van der Waals surface area contributed by atoms with Gasteiger partial charge in [0.15, 0.2) is 0 Å². The van der Waals surface area contributed by atoms with Crippen LogP contribution in [0.2, 0.25) is 0 Å². The van der Waals surface area contributed by atoms with E-state index < -0.39 is 5.91 Å². The number of nitrogens with one attached hydrogen (secondary N) is 1. The molecular weight excluding hydrogens is 316 g/mol. The van der Waals surface area contributed by atoms with Crippen LogP contribution in [-0.2, 0) is 12.8 Å². The fraction of sp³-hybridized carbons (Fsp3) is 0.375. The quantitative estimate of drug-likeness (QED) is 0.900. The Balaban J connectivity index is 1.93. The Bertz CT molecular complexity index is 745. The molecule has 2 aromatic heterocycles. The van der Waals surface area contributed by atoms with E-state index in [1.54, 1.807) is 6.07 Å². The number of hydrogen-bond donors (Lipinski definition) is 2. The van der Waals surface area contributed by atoms with Crippen LogP contribution >= 0.6 is 22.7 Å². The van der Waals surface area contributed by atoms with Crippen molar-refractivity contribution in [2.75, 3.05) is 5.32 Å². The lowest BCUT2D eigenvalue weighted by Crippen LogP contribution is -2.19. The summed E-state index contributed by atoms with van der Waals surface area (Å²) < 4.78 is 0. The van der Waals surface area contributed by atoms with Crippen molar-refractivity contribution >= 4 is 39.5 Å². The van der Waals surface area contributed by atoms with Gasteiger partial charge in [-0.2, -0.15) is 0 Å². The zero-order chi connectivity index (χ0) is 15.9. The third-order valence-corrected chi connectivity index (χ3v) is 6.12. The molecular formula is C16H18N2O2S2. The largest absolute Gasteiger partial charge is 0.365 e. The molecule has 0 bridgehead atoms. The van der Waals surface area contributed by atoms with E-state index in [9.17, 15) is 9.59 Å². The first-order chi connectivity index (χ1) is 10.5. The van der Waals surface area contributed by atoms with Crippen LogP contribution in [0.3, 0.4) is 0 Å². The van der Waals surface area contributed by atoms with Crippen molar-refractivity contribution < 1.29 is 9.59 Å². The molecule has 0 spiro atoms. The van der Waals surface area contributed by atoms with Gasteiger partial charge in [0, 0.05) is 9.75 Å². The fourth-order valence-electron chi connectivity index (χ4n) is 2.82. The molecule has 2 heterocycles. The van der Waals surface area contributed by atoms with Crippen molar-refractivity contribution in [3.8, 4) is 0 Å². The van der Waals surface area contributed by atoms with E-state index in [0.717, 1.165) is 29.7 Å². The van der Waals surface area contributed by atoms with Crippen molar-refractivity contribution in [1.82, 2.24) is 0 Å². The van der Waals surface area contributed by atoms with Crippen LogP contribution in [0.5, 0.6) is 0 Å². The highest BCUT2D eigenvalue weighted by Crippen LogP contribution is 2.39. The molecule has 116 valence electrons. The van der Waals surface area contributed by atoms with E-state index >= 15 is 0 Å². The Hall–Kier alpha value is -1.66. The molecule has 0 aliphatic heterocycles. The molecule has 2 aromatic rings. The van der Waals surface area contributed by atoms with Gasteiger partial charge in [0.05, 0.1) is 10.4 Å². The lowest BCUT2D eigenvalue weighted by molar-refractivity contribution is 0.1000. The molecule has 0 saturated carbocycles. The average molecular weight is 334 g/mol. The molecule has 1 aliphatic carbocycles. The van der Waals surface area contributed by atoms with Gasteiger partial charge >= 0.3 is 0 Å². The standard InChI is InChI=1S/C16H18N2O2S2/c1-8-3-5-10-12(7-8)22-16(13(10)14(17)19)18-15(20)11-6-4-9(2)21-11/h4,6,8H,3,5,7H2,1-2H3,(H2,17,19)(H,18,20)/t8-/m0/s1. The lowest BCUT2D eigenvalue weighted by Gasteiger charge is -2.18. The maximum Gasteiger partial charge on any atom is 0.266 e. The Morgan fingerprint density at radius 3 is 2.73 bits per heavy atom. The van der Waals surface area contributed by atoms with Crippen LogP contribution in [0.4, 0.5) is 5.00 Å². The van der Waals surface area contributed by atoms with Crippen LogP contribution in [0.25, 0.3) is 0 Å². The second-order valence-electron chi connectivity index (χ2n) is 5.78. The number of anilines is 1. The minimum Gasteiger partial charge on any atom is -0.365 e. The molecule has 6 heteroatoms. The SMILES string of the molecule is Cc1ccc(C(=O)Nc2sc3c(c2C(N)=O)CC[C@H](C)C3)s1. The zero-order valence-electron chi connectivity index (χ0n) is 12.6. The van der Waals surface area contributed by atoms with Crippen LogP contribution in [0, 0.1) is 12.8 Å². The molecule has 2 amide bonds. The van der Waals surface area contributed by atoms with E-state index in [2.05, 4.69) is 12.2 Å². The van der Waals surface area contributed by atoms with Gasteiger partial charge in [0.25, 0.3) is 11.8 Å². The zero-order valence-corrected chi connectivity index (χ0v) is 14.2. The molecule has 0 unspecified atom stereocenters. The normalized spacial score (nSPS) is 17.1. The van der Waals surface area contributed by atoms with Gasteiger partial charge < -0.3 is 11.1 Å². The van der Waals surface area contributed by atoms with Gasteiger partial charge in [0.2, 0.25) is 0 Å². The molecule has 3 N–H and O–H groups in total. The molecule has 1 aliphatic rings. The van der Waals surface area contributed by atoms with Gasteiger partial charge in [0.1, 0.15) is 5.00 Å². The number of thiophene rings is 2. The van der Waals surface area contributed by atoms with Gasteiger partial charge in [-0.3, -0.25) is 9.59 Å². The highest BCUT2D eigenvalue weighted by molar-refractivity contribution is 7.17. The van der Waals surface area contributed by atoms with Crippen LogP contribution in [0.1, 0.15) is 48.7 Å². The Morgan fingerprint density at radius 2 is 2.09 bits per heavy atom. The summed E-state index contributed by atoms with van der Waals surface area (Å²) >= 11 is 2.94. The van der Waals surface area contributed by atoms with Crippen LogP contribution < -0.4 is 11.1 Å². The molecule has 3 rings (SSSR count). The number of aryl methyl sites for hydroxylation is 1. The summed E-state index contributed by atoms with van der Waals surface area (Å²) in [6.45, 7) is 4.17. The minimum absolute atomic E-state index is 0.174. The van der Waals surface area contributed by atoms with Crippen LogP contribution in [-0.4, -0.2) is 11.8 Å². The second kappa shape index (κ2) is 5.85. The predicted octanol–water partition coefficient (Wildman–Crippen LogP) is 3.59. The number of hydrogen-bond acceptors (Lipinski definition) is 4. The number of carbonyl (C=O) groups excluding carboxylic acids is 2. The number of primary amides is 1. The number of amides is 2. The highest BCUT2D eigenvalue weighted by atomic mass is 32.1. The average Bonchev–Trinajstić information content (AvgIpc) is 3.01. The summed E-state index contributed by atoms with van der Waals surface area (Å²) in [5.41, 5.74) is 7.10. The summed E-state index contributed by atoms with van der Waals surface area (Å²) in [7, 11) is 0. The molecule has 0 aromatic carbocycles. The molecule has 1 atom stereocenters. The molecule has 0 fully saturated rings. The molecule has 0 saturated heterocycles. The smallest absolute Gasteiger partial charge is 0.266 e. The van der Waals surface area contributed by atoms with E-state index in [4.69, 9.17) is 5.73 Å². The van der Waals surface area contributed by atoms with Gasteiger partial charge in [-0.15, -0.1) is 22.7 Å². The minimum atomic E-state index is -0.454. The lowest BCUT2D eigenvalue weighted by atomic mass is 9.88. The number of nitrogens with two attached hydrogens (primary N) is 1. The van der Waals surface area contributed by atoms with E-state index in [1.807, 2.05) is 13.0 Å². The first-order valence-electron chi connectivity index (χ1n) is 7.28. The Kier molecular flexibility index (Phi) is 4.06. The van der Waals surface area contributed by atoms with Gasteiger partial charge in [-0.25, -0.2) is 0 Å². The van der Waals surface area contributed by atoms with Gasteiger partial charge in [-0.05, 0) is 49.8 Å². The Morgan fingerprint density at radius 1 is 1.32 bits per heavy atom. The van der Waals surface area contributed by atoms with Crippen molar-refractivity contribution in [2.24, 2.45) is 11.7 Å². The number of carbonyl (C=O) groups is 2. The Labute approximate surface area is 137 Å². The third-order valence-electron chi connectivity index (χ3n) is 3.95. The van der Waals surface area contributed by atoms with Gasteiger partial charge in [-0.1, -0.05) is 6.92 Å². The monoisotopic (exact) mass is 334 g/mol. The van der Waals surface area contributed by atoms with Crippen molar-refractivity contribution in [1.29, 1.82) is 0 Å². The summed E-state index contributed by atoms with van der Waals surface area (Å²) in [4.78, 5) is 27.1. The maximum absolute atomic E-state index is 12.3. The molecule has 4 nitrogen and oxygen atoms in total. The summed E-state index contributed by atoms with van der Waals surface area (Å²) in [5, 5.41) is 3.48. The highest BCUT2D eigenvalue weighted by Gasteiger charge is 2.27. The van der Waals surface area contributed by atoms with Crippen molar-refractivity contribution in [3.05, 3.63) is 37.9 Å². The summed E-state index contributed by atoms with van der Waals surface area (Å²) in [6.07, 6.45) is 2.87. The molecule has 0 radical (unpaired) electrons. The summed E-state index contributed by atoms with van der Waals surface area (Å²) in [5.74, 6) is -0.0210. The van der Waals surface area contributed by atoms with Crippen molar-refractivity contribution in [2.45, 2.75) is 33.1 Å². The van der Waals surface area contributed by atoms with E-state index in [0.29, 0.717) is 21.4 Å². The second-order valence-corrected chi connectivity index (χ2v) is 8.18. The predicted molar refractivity (Wildman–Crippen MR) is 91.0 cm³/mol.